The zero-order valence-electron chi connectivity index (χ0n) is 10.9. The summed E-state index contributed by atoms with van der Waals surface area (Å²) in [5.41, 5.74) is 0.990. The van der Waals surface area contributed by atoms with Crippen LogP contribution < -0.4 is 5.32 Å². The van der Waals surface area contributed by atoms with E-state index in [9.17, 15) is 10.2 Å². The molecule has 18 heavy (non-hydrogen) atoms. The Morgan fingerprint density at radius 3 is 2.83 bits per heavy atom. The van der Waals surface area contributed by atoms with Crippen molar-refractivity contribution in [1.29, 1.82) is 0 Å². The number of benzene rings is 1. The van der Waals surface area contributed by atoms with Crippen LogP contribution in [0.3, 0.4) is 0 Å². The van der Waals surface area contributed by atoms with Crippen molar-refractivity contribution < 1.29 is 10.2 Å². The summed E-state index contributed by atoms with van der Waals surface area (Å²) in [6, 6.07) is 5.57. The normalized spacial score (nSPS) is 21.1. The minimum Gasteiger partial charge on any atom is -0.504 e. The fraction of sp³-hybridized carbons (Fsp3) is 0.571. The molecule has 1 saturated heterocycles. The van der Waals surface area contributed by atoms with E-state index in [0.29, 0.717) is 6.04 Å². The molecule has 2 rings (SSSR count). The van der Waals surface area contributed by atoms with Gasteiger partial charge in [0.1, 0.15) is 0 Å². The predicted molar refractivity (Wildman–Crippen MR) is 71.7 cm³/mol. The number of nitrogens with zero attached hydrogens (tertiary/aromatic N) is 1. The van der Waals surface area contributed by atoms with Crippen LogP contribution in [-0.2, 0) is 6.54 Å². The lowest BCUT2D eigenvalue weighted by molar-refractivity contribution is 0.181. The third-order valence-electron chi connectivity index (χ3n) is 3.67. The number of hydrogen-bond acceptors (Lipinski definition) is 4. The molecule has 0 spiro atoms. The number of phenols is 2. The standard InChI is InChI=1S/C14H22N2O2/c1-16-7-3-2-4-12(16)10-15-9-11-5-6-13(17)14(18)8-11/h5-6,8,12,15,17-18H,2-4,7,9-10H2,1H3. The van der Waals surface area contributed by atoms with Crippen LogP contribution in [0.2, 0.25) is 0 Å². The van der Waals surface area contributed by atoms with E-state index in [-0.39, 0.29) is 11.5 Å². The number of aromatic hydroxyl groups is 2. The second-order valence-corrected chi connectivity index (χ2v) is 5.08. The van der Waals surface area contributed by atoms with Gasteiger partial charge in [-0.15, -0.1) is 0 Å². The molecule has 0 amide bonds. The van der Waals surface area contributed by atoms with E-state index >= 15 is 0 Å². The lowest BCUT2D eigenvalue weighted by Crippen LogP contribution is -2.42. The monoisotopic (exact) mass is 250 g/mol. The summed E-state index contributed by atoms with van der Waals surface area (Å²) in [6.07, 6.45) is 3.87. The largest absolute Gasteiger partial charge is 0.504 e. The molecule has 1 unspecified atom stereocenters. The average Bonchev–Trinajstić information content (AvgIpc) is 2.36. The second kappa shape index (κ2) is 6.07. The highest BCUT2D eigenvalue weighted by molar-refractivity contribution is 5.40. The molecule has 1 aromatic carbocycles. The van der Waals surface area contributed by atoms with Crippen molar-refractivity contribution in [3.05, 3.63) is 23.8 Å². The minimum absolute atomic E-state index is 0.0518. The third-order valence-corrected chi connectivity index (χ3v) is 3.67. The Morgan fingerprint density at radius 2 is 2.11 bits per heavy atom. The molecule has 1 aliphatic rings. The van der Waals surface area contributed by atoms with E-state index in [0.717, 1.165) is 18.7 Å². The molecule has 4 nitrogen and oxygen atoms in total. The highest BCUT2D eigenvalue weighted by Crippen LogP contribution is 2.24. The van der Waals surface area contributed by atoms with Crippen LogP contribution in [-0.4, -0.2) is 41.3 Å². The first-order valence-corrected chi connectivity index (χ1v) is 6.58. The van der Waals surface area contributed by atoms with Crippen LogP contribution in [0.25, 0.3) is 0 Å². The molecule has 1 aromatic rings. The van der Waals surface area contributed by atoms with Crippen molar-refractivity contribution >= 4 is 0 Å². The first kappa shape index (κ1) is 13.2. The van der Waals surface area contributed by atoms with E-state index in [1.165, 1.54) is 31.9 Å². The molecule has 0 radical (unpaired) electrons. The number of phenolic OH excluding ortho intramolecular Hbond substituents is 2. The molecular weight excluding hydrogens is 228 g/mol. The van der Waals surface area contributed by atoms with Gasteiger partial charge in [-0.05, 0) is 44.1 Å². The zero-order chi connectivity index (χ0) is 13.0. The van der Waals surface area contributed by atoms with E-state index in [2.05, 4.69) is 17.3 Å². The molecule has 0 saturated carbocycles. The molecule has 100 valence electrons. The van der Waals surface area contributed by atoms with Gasteiger partial charge in [-0.25, -0.2) is 0 Å². The van der Waals surface area contributed by atoms with Gasteiger partial charge in [0.2, 0.25) is 0 Å². The summed E-state index contributed by atoms with van der Waals surface area (Å²) in [6.45, 7) is 2.88. The Hall–Kier alpha value is -1.26. The maximum atomic E-state index is 9.40. The maximum absolute atomic E-state index is 9.40. The first-order valence-electron chi connectivity index (χ1n) is 6.58. The lowest BCUT2D eigenvalue weighted by atomic mass is 10.0. The van der Waals surface area contributed by atoms with Crippen LogP contribution in [0.1, 0.15) is 24.8 Å². The summed E-state index contributed by atoms with van der Waals surface area (Å²) in [5, 5.41) is 22.0. The molecule has 0 aromatic heterocycles. The van der Waals surface area contributed by atoms with Crippen LogP contribution in [0.5, 0.6) is 11.5 Å². The van der Waals surface area contributed by atoms with Gasteiger partial charge in [-0.3, -0.25) is 0 Å². The van der Waals surface area contributed by atoms with Crippen LogP contribution in [0.15, 0.2) is 18.2 Å². The Bertz CT molecular complexity index is 395. The molecule has 1 heterocycles. The molecule has 1 fully saturated rings. The highest BCUT2D eigenvalue weighted by atomic mass is 16.3. The molecular formula is C14H22N2O2. The third kappa shape index (κ3) is 3.37. The van der Waals surface area contributed by atoms with Gasteiger partial charge in [0.05, 0.1) is 0 Å². The van der Waals surface area contributed by atoms with Crippen molar-refractivity contribution in [2.75, 3.05) is 20.1 Å². The van der Waals surface area contributed by atoms with Crippen LogP contribution in [0, 0.1) is 0 Å². The molecule has 3 N–H and O–H groups in total. The van der Waals surface area contributed by atoms with Crippen molar-refractivity contribution in [3.8, 4) is 11.5 Å². The SMILES string of the molecule is CN1CCCCC1CNCc1ccc(O)c(O)c1. The summed E-state index contributed by atoms with van der Waals surface area (Å²) in [7, 11) is 2.18. The Balaban J connectivity index is 1.79. The topological polar surface area (TPSA) is 55.7 Å². The highest BCUT2D eigenvalue weighted by Gasteiger charge is 2.17. The van der Waals surface area contributed by atoms with Crippen LogP contribution in [0.4, 0.5) is 0 Å². The summed E-state index contributed by atoms with van der Waals surface area (Å²) in [4.78, 5) is 2.41. The predicted octanol–water partition coefficient (Wildman–Crippen LogP) is 1.67. The number of nitrogens with one attached hydrogen (secondary N) is 1. The Labute approximate surface area is 108 Å². The summed E-state index contributed by atoms with van der Waals surface area (Å²) >= 11 is 0. The smallest absolute Gasteiger partial charge is 0.157 e. The molecule has 1 atom stereocenters. The minimum atomic E-state index is -0.0641. The van der Waals surface area contributed by atoms with Gasteiger partial charge in [0, 0.05) is 19.1 Å². The quantitative estimate of drug-likeness (QED) is 0.712. The van der Waals surface area contributed by atoms with Gasteiger partial charge in [-0.1, -0.05) is 12.5 Å². The van der Waals surface area contributed by atoms with Crippen molar-refractivity contribution in [2.45, 2.75) is 31.8 Å². The van der Waals surface area contributed by atoms with Gasteiger partial charge in [0.25, 0.3) is 0 Å². The van der Waals surface area contributed by atoms with Crippen molar-refractivity contribution in [1.82, 2.24) is 10.2 Å². The fourth-order valence-corrected chi connectivity index (χ4v) is 2.46. The average molecular weight is 250 g/mol. The molecule has 1 aliphatic heterocycles. The summed E-state index contributed by atoms with van der Waals surface area (Å²) in [5.74, 6) is -0.116. The maximum Gasteiger partial charge on any atom is 0.157 e. The number of rotatable bonds is 4. The van der Waals surface area contributed by atoms with E-state index < -0.39 is 0 Å². The van der Waals surface area contributed by atoms with E-state index in [1.807, 2.05) is 6.07 Å². The van der Waals surface area contributed by atoms with Gasteiger partial charge in [-0.2, -0.15) is 0 Å². The van der Waals surface area contributed by atoms with Gasteiger partial charge in [0.15, 0.2) is 11.5 Å². The molecule has 0 aliphatic carbocycles. The Kier molecular flexibility index (Phi) is 4.44. The number of likely N-dealkylation sites (tertiary alicyclic amines) is 1. The molecule has 4 heteroatoms. The van der Waals surface area contributed by atoms with Crippen LogP contribution >= 0.6 is 0 Å². The van der Waals surface area contributed by atoms with E-state index in [4.69, 9.17) is 0 Å². The Morgan fingerprint density at radius 1 is 1.28 bits per heavy atom. The van der Waals surface area contributed by atoms with Crippen molar-refractivity contribution in [3.63, 3.8) is 0 Å². The lowest BCUT2D eigenvalue weighted by Gasteiger charge is -2.32. The van der Waals surface area contributed by atoms with Gasteiger partial charge < -0.3 is 20.4 Å². The fourth-order valence-electron chi connectivity index (χ4n) is 2.46. The van der Waals surface area contributed by atoms with E-state index in [1.54, 1.807) is 6.07 Å². The van der Waals surface area contributed by atoms with Crippen molar-refractivity contribution in [2.24, 2.45) is 0 Å². The summed E-state index contributed by atoms with van der Waals surface area (Å²) < 4.78 is 0. The van der Waals surface area contributed by atoms with Gasteiger partial charge >= 0.3 is 0 Å². The second-order valence-electron chi connectivity index (χ2n) is 5.08. The number of likely N-dealkylation sites (N-methyl/N-ethyl adjacent to an activating group) is 1. The zero-order valence-corrected chi connectivity index (χ0v) is 10.9. The molecule has 0 bridgehead atoms. The number of hydrogen-bond donors (Lipinski definition) is 3. The first-order chi connectivity index (χ1) is 8.66. The number of piperidine rings is 1.